The van der Waals surface area contributed by atoms with Crippen molar-refractivity contribution in [2.75, 3.05) is 0 Å². The normalized spacial score (nSPS) is 9.91. The Morgan fingerprint density at radius 2 is 1.05 bits per heavy atom. The summed E-state index contributed by atoms with van der Waals surface area (Å²) < 4.78 is 0. The van der Waals surface area contributed by atoms with Crippen molar-refractivity contribution in [2.24, 2.45) is 0 Å². The summed E-state index contributed by atoms with van der Waals surface area (Å²) in [6.45, 7) is 3.54. The number of benzene rings is 2. The average Bonchev–Trinajstić information content (AvgIpc) is 2.47. The third kappa shape index (κ3) is 3.58. The maximum Gasteiger partial charge on any atom is 0.328 e. The van der Waals surface area contributed by atoms with Gasteiger partial charge in [0.15, 0.2) is 0 Å². The first-order chi connectivity index (χ1) is 10.5. The molecule has 5 nitrogen and oxygen atoms in total. The summed E-state index contributed by atoms with van der Waals surface area (Å²) in [6, 6.07) is 12.9. The molecule has 22 heavy (non-hydrogen) atoms. The quantitative estimate of drug-likeness (QED) is 0.894. The van der Waals surface area contributed by atoms with Crippen LogP contribution in [-0.2, 0) is 0 Å². The van der Waals surface area contributed by atoms with Crippen LogP contribution in [-0.4, -0.2) is 17.8 Å². The monoisotopic (exact) mass is 296 g/mol. The molecule has 0 aliphatic rings. The maximum atomic E-state index is 12.0. The van der Waals surface area contributed by atoms with Crippen molar-refractivity contribution in [3.8, 4) is 0 Å². The Morgan fingerprint density at radius 3 is 1.41 bits per heavy atom. The number of carbonyl (C=O) groups is 3. The lowest BCUT2D eigenvalue weighted by Crippen LogP contribution is -2.42. The van der Waals surface area contributed by atoms with Gasteiger partial charge in [0.05, 0.1) is 0 Å². The predicted molar refractivity (Wildman–Crippen MR) is 82.7 cm³/mol. The van der Waals surface area contributed by atoms with Gasteiger partial charge in [0.2, 0.25) is 0 Å². The summed E-state index contributed by atoms with van der Waals surface area (Å²) in [5.74, 6) is -1.10. The molecule has 0 atom stereocenters. The van der Waals surface area contributed by atoms with E-state index in [1.165, 1.54) is 0 Å². The largest absolute Gasteiger partial charge is 0.328 e. The number of hydrogen-bond acceptors (Lipinski definition) is 3. The summed E-state index contributed by atoms with van der Waals surface area (Å²) >= 11 is 0. The zero-order chi connectivity index (χ0) is 16.1. The first kappa shape index (κ1) is 15.4. The minimum atomic E-state index is -0.846. The lowest BCUT2D eigenvalue weighted by Gasteiger charge is -2.08. The molecular formula is C17H16N2O3. The van der Waals surface area contributed by atoms with Gasteiger partial charge in [-0.15, -0.1) is 0 Å². The van der Waals surface area contributed by atoms with E-state index in [0.717, 1.165) is 11.1 Å². The summed E-state index contributed by atoms with van der Waals surface area (Å²) in [4.78, 5) is 35.7. The number of nitrogens with one attached hydrogen (secondary N) is 2. The van der Waals surface area contributed by atoms with Crippen LogP contribution in [0.1, 0.15) is 31.8 Å². The van der Waals surface area contributed by atoms with Gasteiger partial charge in [0.1, 0.15) is 0 Å². The number of urea groups is 1. The van der Waals surface area contributed by atoms with Crippen LogP contribution in [0.5, 0.6) is 0 Å². The molecule has 0 spiro atoms. The van der Waals surface area contributed by atoms with Gasteiger partial charge in [0.25, 0.3) is 11.8 Å². The van der Waals surface area contributed by atoms with Gasteiger partial charge in [-0.2, -0.15) is 0 Å². The molecule has 0 saturated heterocycles. The van der Waals surface area contributed by atoms with Crippen LogP contribution in [0, 0.1) is 13.8 Å². The van der Waals surface area contributed by atoms with E-state index in [4.69, 9.17) is 0 Å². The molecule has 0 aliphatic heterocycles. The van der Waals surface area contributed by atoms with Gasteiger partial charge < -0.3 is 0 Å². The first-order valence-electron chi connectivity index (χ1n) is 6.77. The van der Waals surface area contributed by atoms with E-state index in [1.807, 2.05) is 0 Å². The molecule has 0 heterocycles. The van der Waals surface area contributed by atoms with E-state index in [1.54, 1.807) is 62.4 Å². The van der Waals surface area contributed by atoms with Gasteiger partial charge in [-0.25, -0.2) is 4.79 Å². The van der Waals surface area contributed by atoms with Crippen LogP contribution >= 0.6 is 0 Å². The molecule has 0 aromatic heterocycles. The Bertz CT molecular complexity index is 677. The molecular weight excluding hydrogens is 280 g/mol. The fourth-order valence-corrected chi connectivity index (χ4v) is 2.03. The molecule has 2 aromatic rings. The number of rotatable bonds is 2. The number of imide groups is 2. The molecule has 0 unspecified atom stereocenters. The van der Waals surface area contributed by atoms with Gasteiger partial charge in [-0.3, -0.25) is 20.2 Å². The van der Waals surface area contributed by atoms with Crippen molar-refractivity contribution in [1.29, 1.82) is 0 Å². The molecule has 4 amide bonds. The van der Waals surface area contributed by atoms with Crippen molar-refractivity contribution in [3.05, 3.63) is 70.8 Å². The number of amides is 4. The van der Waals surface area contributed by atoms with Gasteiger partial charge in [-0.05, 0) is 37.1 Å². The van der Waals surface area contributed by atoms with Crippen molar-refractivity contribution < 1.29 is 14.4 Å². The molecule has 2 aromatic carbocycles. The van der Waals surface area contributed by atoms with E-state index in [0.29, 0.717) is 11.1 Å². The summed E-state index contributed by atoms with van der Waals surface area (Å²) in [7, 11) is 0. The lowest BCUT2D eigenvalue weighted by molar-refractivity contribution is 0.0944. The smallest absolute Gasteiger partial charge is 0.274 e. The van der Waals surface area contributed by atoms with Gasteiger partial charge >= 0.3 is 6.03 Å². The van der Waals surface area contributed by atoms with Crippen LogP contribution in [0.3, 0.4) is 0 Å². The van der Waals surface area contributed by atoms with E-state index in [2.05, 4.69) is 10.6 Å². The van der Waals surface area contributed by atoms with E-state index in [-0.39, 0.29) is 0 Å². The Balaban J connectivity index is 2.02. The van der Waals surface area contributed by atoms with Crippen molar-refractivity contribution in [3.63, 3.8) is 0 Å². The Labute approximate surface area is 128 Å². The molecule has 0 bridgehead atoms. The second-order valence-corrected chi connectivity index (χ2v) is 4.87. The molecule has 0 radical (unpaired) electrons. The number of carbonyl (C=O) groups excluding carboxylic acids is 3. The molecule has 5 heteroatoms. The third-order valence-electron chi connectivity index (χ3n) is 3.23. The number of aryl methyl sites for hydroxylation is 2. The highest BCUT2D eigenvalue weighted by Crippen LogP contribution is 2.07. The van der Waals surface area contributed by atoms with Crippen molar-refractivity contribution >= 4 is 17.8 Å². The van der Waals surface area contributed by atoms with E-state index >= 15 is 0 Å². The molecule has 0 aliphatic carbocycles. The summed E-state index contributed by atoms with van der Waals surface area (Å²) in [5.41, 5.74) is 2.28. The molecule has 0 fully saturated rings. The predicted octanol–water partition coefficient (Wildman–Crippen LogP) is 2.58. The Hall–Kier alpha value is -2.95. The lowest BCUT2D eigenvalue weighted by atomic mass is 10.1. The SMILES string of the molecule is Cc1ccccc1C(=O)NC(=O)NC(=O)c1ccccc1C. The molecule has 2 N–H and O–H groups in total. The first-order valence-corrected chi connectivity index (χ1v) is 6.77. The number of hydrogen-bond donors (Lipinski definition) is 2. The molecule has 112 valence electrons. The summed E-state index contributed by atoms with van der Waals surface area (Å²) in [6.07, 6.45) is 0. The highest BCUT2D eigenvalue weighted by molar-refractivity contribution is 6.11. The maximum absolute atomic E-state index is 12.0. The second kappa shape index (κ2) is 6.67. The standard InChI is InChI=1S/C17H16N2O3/c1-11-7-3-5-9-13(11)15(20)18-17(22)19-16(21)14-10-6-4-8-12(14)2/h3-10H,1-2H3,(H2,18,19,20,21,22). The molecule has 0 saturated carbocycles. The Kier molecular flexibility index (Phi) is 4.68. The van der Waals surface area contributed by atoms with Crippen molar-refractivity contribution in [2.45, 2.75) is 13.8 Å². The third-order valence-corrected chi connectivity index (χ3v) is 3.23. The van der Waals surface area contributed by atoms with Gasteiger partial charge in [-0.1, -0.05) is 36.4 Å². The fraction of sp³-hybridized carbons (Fsp3) is 0.118. The van der Waals surface area contributed by atoms with Crippen LogP contribution in [0.2, 0.25) is 0 Å². The zero-order valence-electron chi connectivity index (χ0n) is 12.3. The van der Waals surface area contributed by atoms with Crippen molar-refractivity contribution in [1.82, 2.24) is 10.6 Å². The minimum Gasteiger partial charge on any atom is -0.274 e. The van der Waals surface area contributed by atoms with Crippen LogP contribution < -0.4 is 10.6 Å². The fourth-order valence-electron chi connectivity index (χ4n) is 2.03. The highest BCUT2D eigenvalue weighted by atomic mass is 16.2. The average molecular weight is 296 g/mol. The van der Waals surface area contributed by atoms with E-state index in [9.17, 15) is 14.4 Å². The summed E-state index contributed by atoms with van der Waals surface area (Å²) in [5, 5.41) is 4.29. The topological polar surface area (TPSA) is 75.3 Å². The zero-order valence-corrected chi connectivity index (χ0v) is 12.3. The minimum absolute atomic E-state index is 0.390. The van der Waals surface area contributed by atoms with Gasteiger partial charge in [0, 0.05) is 11.1 Å². The Morgan fingerprint density at radius 1 is 0.682 bits per heavy atom. The van der Waals surface area contributed by atoms with Crippen LogP contribution in [0.25, 0.3) is 0 Å². The second-order valence-electron chi connectivity index (χ2n) is 4.87. The van der Waals surface area contributed by atoms with E-state index < -0.39 is 17.8 Å². The van der Waals surface area contributed by atoms with Crippen LogP contribution in [0.4, 0.5) is 4.79 Å². The highest BCUT2D eigenvalue weighted by Gasteiger charge is 2.16. The molecule has 2 rings (SSSR count). The van der Waals surface area contributed by atoms with Crippen LogP contribution in [0.15, 0.2) is 48.5 Å².